The molecule has 1 aromatic heterocycles. The highest BCUT2D eigenvalue weighted by molar-refractivity contribution is 7.92. The van der Waals surface area contributed by atoms with Gasteiger partial charge < -0.3 is 19.1 Å². The Morgan fingerprint density at radius 3 is 2.39 bits per heavy atom. The van der Waals surface area contributed by atoms with Crippen LogP contribution in [0, 0.1) is 0 Å². The van der Waals surface area contributed by atoms with Gasteiger partial charge in [-0.25, -0.2) is 8.42 Å². The SMILES string of the molecule is COc1ccc(NS(=O)(=O)c2ccc(C=CCn3cc4ccccc4c3O)cc2)cc1OC. The molecule has 0 bridgehead atoms. The minimum atomic E-state index is -3.77. The first-order valence-electron chi connectivity index (χ1n) is 10.2. The third-order valence-electron chi connectivity index (χ3n) is 5.21. The number of hydrogen-bond acceptors (Lipinski definition) is 5. The van der Waals surface area contributed by atoms with Crippen molar-refractivity contribution in [2.45, 2.75) is 11.4 Å². The van der Waals surface area contributed by atoms with Gasteiger partial charge in [0.2, 0.25) is 0 Å². The Labute approximate surface area is 192 Å². The maximum atomic E-state index is 12.8. The largest absolute Gasteiger partial charge is 0.494 e. The van der Waals surface area contributed by atoms with Crippen LogP contribution in [-0.2, 0) is 16.6 Å². The molecular weight excluding hydrogens is 440 g/mol. The lowest BCUT2D eigenvalue weighted by Gasteiger charge is -2.12. The van der Waals surface area contributed by atoms with Crippen LogP contribution in [0.15, 0.2) is 83.9 Å². The fraction of sp³-hybridized carbons (Fsp3) is 0.120. The number of rotatable bonds is 8. The van der Waals surface area contributed by atoms with Crippen LogP contribution in [0.4, 0.5) is 5.69 Å². The van der Waals surface area contributed by atoms with Gasteiger partial charge in [0.15, 0.2) is 17.4 Å². The van der Waals surface area contributed by atoms with Crippen LogP contribution in [-0.4, -0.2) is 32.3 Å². The van der Waals surface area contributed by atoms with Crippen molar-refractivity contribution in [1.82, 2.24) is 4.57 Å². The van der Waals surface area contributed by atoms with E-state index in [0.29, 0.717) is 23.7 Å². The minimum Gasteiger partial charge on any atom is -0.494 e. The maximum absolute atomic E-state index is 12.8. The van der Waals surface area contributed by atoms with Gasteiger partial charge in [0.25, 0.3) is 10.0 Å². The summed E-state index contributed by atoms with van der Waals surface area (Å²) >= 11 is 0. The Morgan fingerprint density at radius 1 is 0.970 bits per heavy atom. The number of allylic oxidation sites excluding steroid dienone is 1. The molecular formula is C25H24N2O5S. The lowest BCUT2D eigenvalue weighted by Crippen LogP contribution is -2.13. The Morgan fingerprint density at radius 2 is 1.70 bits per heavy atom. The predicted octanol–water partition coefficient (Wildman–Crippen LogP) is 4.88. The van der Waals surface area contributed by atoms with Crippen LogP contribution in [0.1, 0.15) is 5.56 Å². The molecule has 0 aliphatic rings. The third kappa shape index (κ3) is 4.80. The third-order valence-corrected chi connectivity index (χ3v) is 6.60. The fourth-order valence-electron chi connectivity index (χ4n) is 3.51. The minimum absolute atomic E-state index is 0.142. The molecule has 0 spiro atoms. The summed E-state index contributed by atoms with van der Waals surface area (Å²) in [7, 11) is -0.763. The Balaban J connectivity index is 1.45. The van der Waals surface area contributed by atoms with Crippen molar-refractivity contribution in [1.29, 1.82) is 0 Å². The molecule has 4 aromatic rings. The smallest absolute Gasteiger partial charge is 0.261 e. The highest BCUT2D eigenvalue weighted by Crippen LogP contribution is 2.31. The topological polar surface area (TPSA) is 89.8 Å². The first-order chi connectivity index (χ1) is 15.9. The monoisotopic (exact) mass is 464 g/mol. The van der Waals surface area contributed by atoms with Crippen LogP contribution in [0.3, 0.4) is 0 Å². The van der Waals surface area contributed by atoms with Crippen LogP contribution in [0.5, 0.6) is 17.4 Å². The summed E-state index contributed by atoms with van der Waals surface area (Å²) in [6.45, 7) is 0.488. The highest BCUT2D eigenvalue weighted by Gasteiger charge is 2.15. The van der Waals surface area contributed by atoms with Gasteiger partial charge in [0.05, 0.1) is 24.8 Å². The van der Waals surface area contributed by atoms with Gasteiger partial charge in [-0.1, -0.05) is 42.5 Å². The van der Waals surface area contributed by atoms with Crippen LogP contribution in [0.2, 0.25) is 0 Å². The number of nitrogens with one attached hydrogen (secondary N) is 1. The molecule has 3 aromatic carbocycles. The summed E-state index contributed by atoms with van der Waals surface area (Å²) in [5.74, 6) is 1.16. The Hall–Kier alpha value is -3.91. The van der Waals surface area contributed by atoms with Gasteiger partial charge in [-0.2, -0.15) is 0 Å². The molecule has 4 rings (SSSR count). The molecule has 0 amide bonds. The lowest BCUT2D eigenvalue weighted by atomic mass is 10.2. The second-order valence-electron chi connectivity index (χ2n) is 7.34. The predicted molar refractivity (Wildman–Crippen MR) is 129 cm³/mol. The van der Waals surface area contributed by atoms with Crippen molar-refractivity contribution in [3.8, 4) is 17.4 Å². The van der Waals surface area contributed by atoms with E-state index in [2.05, 4.69) is 4.72 Å². The second-order valence-corrected chi connectivity index (χ2v) is 9.02. The molecule has 0 fully saturated rings. The van der Waals surface area contributed by atoms with Gasteiger partial charge in [0.1, 0.15) is 0 Å². The molecule has 2 N–H and O–H groups in total. The lowest BCUT2D eigenvalue weighted by molar-refractivity contribution is 0.355. The number of hydrogen-bond donors (Lipinski definition) is 2. The molecule has 7 nitrogen and oxygen atoms in total. The van der Waals surface area contributed by atoms with Crippen molar-refractivity contribution in [3.63, 3.8) is 0 Å². The molecule has 0 radical (unpaired) electrons. The molecule has 33 heavy (non-hydrogen) atoms. The molecule has 0 unspecified atom stereocenters. The standard InChI is InChI=1S/C25H24N2O5S/c1-31-23-14-11-20(16-24(23)32-2)26-33(29,30)21-12-9-18(10-13-21)6-5-15-27-17-19-7-3-4-8-22(19)25(27)28/h3-14,16-17,26,28H,15H2,1-2H3. The van der Waals surface area contributed by atoms with Crippen molar-refractivity contribution in [2.75, 3.05) is 18.9 Å². The number of anilines is 1. The van der Waals surface area contributed by atoms with E-state index in [0.717, 1.165) is 16.3 Å². The van der Waals surface area contributed by atoms with E-state index < -0.39 is 10.0 Å². The van der Waals surface area contributed by atoms with E-state index >= 15 is 0 Å². The maximum Gasteiger partial charge on any atom is 0.261 e. The van der Waals surface area contributed by atoms with Gasteiger partial charge in [0, 0.05) is 29.6 Å². The average Bonchev–Trinajstić information content (AvgIpc) is 3.14. The Bertz CT molecular complexity index is 1410. The van der Waals surface area contributed by atoms with E-state index in [-0.39, 0.29) is 10.8 Å². The summed E-state index contributed by atoms with van der Waals surface area (Å²) < 4.78 is 40.2. The normalized spacial score (nSPS) is 11.7. The molecule has 1 heterocycles. The molecule has 0 saturated carbocycles. The van der Waals surface area contributed by atoms with Crippen LogP contribution in [0.25, 0.3) is 16.8 Å². The molecule has 0 saturated heterocycles. The van der Waals surface area contributed by atoms with Gasteiger partial charge in [-0.3, -0.25) is 4.72 Å². The zero-order valence-corrected chi connectivity index (χ0v) is 19.0. The fourth-order valence-corrected chi connectivity index (χ4v) is 4.56. The zero-order valence-electron chi connectivity index (χ0n) is 18.2. The van der Waals surface area contributed by atoms with Crippen LogP contribution >= 0.6 is 0 Å². The first kappa shape index (κ1) is 22.3. The van der Waals surface area contributed by atoms with Crippen molar-refractivity contribution < 1.29 is 23.0 Å². The number of sulfonamides is 1. The van der Waals surface area contributed by atoms with Crippen molar-refractivity contribution in [2.24, 2.45) is 0 Å². The van der Waals surface area contributed by atoms with Gasteiger partial charge in [-0.05, 0) is 35.9 Å². The zero-order chi connectivity index (χ0) is 23.4. The van der Waals surface area contributed by atoms with Crippen molar-refractivity contribution >= 4 is 32.6 Å². The summed E-state index contributed by atoms with van der Waals surface area (Å²) in [5.41, 5.74) is 1.21. The summed E-state index contributed by atoms with van der Waals surface area (Å²) in [6, 6.07) is 19.0. The summed E-state index contributed by atoms with van der Waals surface area (Å²) in [5, 5.41) is 12.1. The second kappa shape index (κ2) is 9.30. The number of methoxy groups -OCH3 is 2. The number of fused-ring (bicyclic) bond motifs is 1. The summed E-state index contributed by atoms with van der Waals surface area (Å²) in [6.07, 6.45) is 5.68. The van der Waals surface area contributed by atoms with E-state index in [9.17, 15) is 13.5 Å². The molecule has 170 valence electrons. The van der Waals surface area contributed by atoms with E-state index in [4.69, 9.17) is 9.47 Å². The number of benzene rings is 3. The summed E-state index contributed by atoms with van der Waals surface area (Å²) in [4.78, 5) is 0.142. The Kier molecular flexibility index (Phi) is 6.28. The number of aromatic nitrogens is 1. The van der Waals surface area contributed by atoms with Gasteiger partial charge >= 0.3 is 0 Å². The number of ether oxygens (including phenoxy) is 2. The molecule has 0 aliphatic carbocycles. The number of nitrogens with zero attached hydrogens (tertiary/aromatic N) is 1. The number of aromatic hydroxyl groups is 1. The molecule has 0 atom stereocenters. The van der Waals surface area contributed by atoms with E-state index in [1.807, 2.05) is 42.6 Å². The van der Waals surface area contributed by atoms with Crippen LogP contribution < -0.4 is 14.2 Å². The quantitative estimate of drug-likeness (QED) is 0.388. The van der Waals surface area contributed by atoms with E-state index in [1.54, 1.807) is 47.0 Å². The van der Waals surface area contributed by atoms with Crippen molar-refractivity contribution in [3.05, 3.63) is 84.6 Å². The van der Waals surface area contributed by atoms with Gasteiger partial charge in [-0.15, -0.1) is 0 Å². The average molecular weight is 465 g/mol. The molecule has 0 aliphatic heterocycles. The molecule has 8 heteroatoms. The highest BCUT2D eigenvalue weighted by atomic mass is 32.2. The van der Waals surface area contributed by atoms with E-state index in [1.165, 1.54) is 14.2 Å². The first-order valence-corrected chi connectivity index (χ1v) is 11.7.